The number of allylic oxidation sites excluding steroid dienone is 2. The molecule has 2 bridgehead atoms. The molecule has 0 saturated heterocycles. The van der Waals surface area contributed by atoms with Crippen molar-refractivity contribution in [3.63, 3.8) is 0 Å². The van der Waals surface area contributed by atoms with Crippen LogP contribution in [-0.4, -0.2) is 14.3 Å². The molecule has 0 amide bonds. The van der Waals surface area contributed by atoms with Crippen molar-refractivity contribution in [1.82, 2.24) is 0 Å². The van der Waals surface area contributed by atoms with Gasteiger partial charge in [0.15, 0.2) is 0 Å². The first-order chi connectivity index (χ1) is 7.71. The van der Waals surface area contributed by atoms with Gasteiger partial charge in [0, 0.05) is 0 Å². The van der Waals surface area contributed by atoms with E-state index in [0.717, 1.165) is 12.8 Å². The zero-order valence-corrected chi connectivity index (χ0v) is 12.6. The lowest BCUT2D eigenvalue weighted by Crippen LogP contribution is -2.44. The van der Waals surface area contributed by atoms with Crippen LogP contribution >= 0.6 is 0 Å². The van der Waals surface area contributed by atoms with Gasteiger partial charge >= 0.3 is 0 Å². The van der Waals surface area contributed by atoms with Gasteiger partial charge in [0.2, 0.25) is 0 Å². The average Bonchev–Trinajstić information content (AvgIpc) is 2.75. The fraction of sp³-hybridized carbons (Fsp3) is 0.786. The summed E-state index contributed by atoms with van der Waals surface area (Å²) in [5.41, 5.74) is 0. The molecule has 96 valence electrons. The number of hydrogen-bond acceptors (Lipinski definition) is 2. The predicted molar refractivity (Wildman–Crippen MR) is 72.1 cm³/mol. The molecule has 2 aliphatic rings. The van der Waals surface area contributed by atoms with Crippen LogP contribution < -0.4 is 0 Å². The van der Waals surface area contributed by atoms with Crippen molar-refractivity contribution in [3.05, 3.63) is 12.2 Å². The van der Waals surface area contributed by atoms with Crippen LogP contribution in [0.5, 0.6) is 0 Å². The summed E-state index contributed by atoms with van der Waals surface area (Å²) in [6.07, 6.45) is 6.65. The van der Waals surface area contributed by atoms with E-state index in [0.29, 0.717) is 11.8 Å². The van der Waals surface area contributed by atoms with Crippen LogP contribution in [0, 0.1) is 17.8 Å². The van der Waals surface area contributed by atoms with Crippen LogP contribution in [0.2, 0.25) is 18.1 Å². The van der Waals surface area contributed by atoms with Gasteiger partial charge in [0.1, 0.15) is 0 Å². The number of carbonyl (C=O) groups is 1. The molecule has 0 radical (unpaired) electrons. The van der Waals surface area contributed by atoms with Crippen molar-refractivity contribution in [2.75, 3.05) is 0 Å². The first kappa shape index (κ1) is 12.9. The maximum atomic E-state index is 12.3. The van der Waals surface area contributed by atoms with Crippen LogP contribution in [0.15, 0.2) is 12.2 Å². The normalized spacial score (nSPS) is 31.9. The van der Waals surface area contributed by atoms with Gasteiger partial charge < -0.3 is 4.43 Å². The lowest BCUT2D eigenvalue weighted by Gasteiger charge is -2.36. The summed E-state index contributed by atoms with van der Waals surface area (Å²) in [5, 5.41) is 0.107. The first-order valence-electron chi connectivity index (χ1n) is 6.62. The molecule has 2 aliphatic carbocycles. The fourth-order valence-electron chi connectivity index (χ4n) is 2.53. The van der Waals surface area contributed by atoms with Crippen molar-refractivity contribution < 1.29 is 9.22 Å². The molecule has 0 N–H and O–H groups in total. The molecule has 3 atom stereocenters. The Hall–Kier alpha value is -0.573. The van der Waals surface area contributed by atoms with E-state index in [4.69, 9.17) is 4.43 Å². The number of hydrogen-bond donors (Lipinski definition) is 0. The number of fused-ring (bicyclic) bond motifs is 2. The molecular formula is C14H24O2Si. The summed E-state index contributed by atoms with van der Waals surface area (Å²) >= 11 is 0. The minimum Gasteiger partial charge on any atom is -0.519 e. The smallest absolute Gasteiger partial charge is 0.296 e. The monoisotopic (exact) mass is 252 g/mol. The Balaban J connectivity index is 2.01. The molecule has 0 heterocycles. The van der Waals surface area contributed by atoms with Gasteiger partial charge in [-0.05, 0) is 42.8 Å². The highest BCUT2D eigenvalue weighted by Gasteiger charge is 2.45. The second kappa shape index (κ2) is 3.97. The van der Waals surface area contributed by atoms with Gasteiger partial charge in [0.25, 0.3) is 14.3 Å². The molecule has 2 nitrogen and oxygen atoms in total. The third kappa shape index (κ3) is 2.35. The Labute approximate surface area is 106 Å². The SMILES string of the molecule is CC(C)(C)[Si](C)(C)OC(=O)C1CC2C=CC1C2. The van der Waals surface area contributed by atoms with E-state index in [1.807, 2.05) is 0 Å². The molecule has 0 aliphatic heterocycles. The van der Waals surface area contributed by atoms with Crippen LogP contribution in [0.25, 0.3) is 0 Å². The Morgan fingerprint density at radius 1 is 1.24 bits per heavy atom. The second-order valence-electron chi connectivity index (χ2n) is 7.07. The summed E-state index contributed by atoms with van der Waals surface area (Å²) in [7, 11) is -1.94. The zero-order valence-electron chi connectivity index (χ0n) is 11.6. The van der Waals surface area contributed by atoms with E-state index in [2.05, 4.69) is 46.0 Å². The summed E-state index contributed by atoms with van der Waals surface area (Å²) in [6.45, 7) is 10.8. The van der Waals surface area contributed by atoms with Crippen molar-refractivity contribution in [2.45, 2.75) is 51.7 Å². The van der Waals surface area contributed by atoms with E-state index >= 15 is 0 Å². The standard InChI is InChI=1S/C14H24O2Si/c1-14(2,3)17(4,5)16-13(15)12-9-10-6-7-11(12)8-10/h6-7,10-12H,8-9H2,1-5H3. The molecular weight excluding hydrogens is 228 g/mol. The Bertz CT molecular complexity index is 352. The van der Waals surface area contributed by atoms with Crippen molar-refractivity contribution in [2.24, 2.45) is 17.8 Å². The van der Waals surface area contributed by atoms with Crippen LogP contribution in [0.1, 0.15) is 33.6 Å². The number of rotatable bonds is 2. The zero-order chi connectivity index (χ0) is 12.8. The highest BCUT2D eigenvalue weighted by Crippen LogP contribution is 2.45. The first-order valence-corrected chi connectivity index (χ1v) is 9.53. The molecule has 0 aromatic rings. The van der Waals surface area contributed by atoms with Gasteiger partial charge in [-0.1, -0.05) is 32.9 Å². The molecule has 1 saturated carbocycles. The second-order valence-corrected chi connectivity index (χ2v) is 11.8. The summed E-state index contributed by atoms with van der Waals surface area (Å²) in [5.74, 6) is 1.29. The third-order valence-corrected chi connectivity index (χ3v) is 9.07. The fourth-order valence-corrected chi connectivity index (χ4v) is 3.49. The van der Waals surface area contributed by atoms with E-state index in [9.17, 15) is 4.79 Å². The van der Waals surface area contributed by atoms with Gasteiger partial charge in [0.05, 0.1) is 5.92 Å². The molecule has 0 aromatic heterocycles. The molecule has 17 heavy (non-hydrogen) atoms. The summed E-state index contributed by atoms with van der Waals surface area (Å²) in [6, 6.07) is 0. The minimum atomic E-state index is -1.94. The molecule has 2 rings (SSSR count). The number of carbonyl (C=O) groups excluding carboxylic acids is 1. The molecule has 0 aromatic carbocycles. The van der Waals surface area contributed by atoms with E-state index < -0.39 is 8.32 Å². The van der Waals surface area contributed by atoms with Crippen LogP contribution in [0.4, 0.5) is 0 Å². The lowest BCUT2D eigenvalue weighted by atomic mass is 9.94. The maximum absolute atomic E-state index is 12.3. The summed E-state index contributed by atoms with van der Waals surface area (Å²) < 4.78 is 5.90. The topological polar surface area (TPSA) is 26.3 Å². The van der Waals surface area contributed by atoms with Gasteiger partial charge in [-0.2, -0.15) is 0 Å². The van der Waals surface area contributed by atoms with Crippen molar-refractivity contribution in [1.29, 1.82) is 0 Å². The molecule has 0 spiro atoms. The largest absolute Gasteiger partial charge is 0.519 e. The maximum Gasteiger partial charge on any atom is 0.296 e. The highest BCUT2D eigenvalue weighted by molar-refractivity contribution is 6.75. The highest BCUT2D eigenvalue weighted by atomic mass is 28.4. The van der Waals surface area contributed by atoms with E-state index in [-0.39, 0.29) is 16.9 Å². The minimum absolute atomic E-state index is 0.0634. The molecule has 3 heteroatoms. The van der Waals surface area contributed by atoms with Gasteiger partial charge in [-0.15, -0.1) is 0 Å². The Morgan fingerprint density at radius 2 is 1.88 bits per heavy atom. The third-order valence-electron chi connectivity index (χ3n) is 4.74. The van der Waals surface area contributed by atoms with Crippen LogP contribution in [0.3, 0.4) is 0 Å². The molecule has 3 unspecified atom stereocenters. The van der Waals surface area contributed by atoms with Crippen LogP contribution in [-0.2, 0) is 9.22 Å². The van der Waals surface area contributed by atoms with E-state index in [1.54, 1.807) is 0 Å². The van der Waals surface area contributed by atoms with Crippen molar-refractivity contribution >= 4 is 14.3 Å². The predicted octanol–water partition coefficient (Wildman–Crippen LogP) is 3.75. The van der Waals surface area contributed by atoms with Gasteiger partial charge in [-0.25, -0.2) is 0 Å². The Morgan fingerprint density at radius 3 is 2.29 bits per heavy atom. The quantitative estimate of drug-likeness (QED) is 0.553. The lowest BCUT2D eigenvalue weighted by molar-refractivity contribution is -0.140. The average molecular weight is 252 g/mol. The summed E-state index contributed by atoms with van der Waals surface area (Å²) in [4.78, 5) is 12.3. The van der Waals surface area contributed by atoms with Gasteiger partial charge in [-0.3, -0.25) is 4.79 Å². The molecule has 1 fully saturated rings. The Kier molecular flexibility index (Phi) is 3.01. The van der Waals surface area contributed by atoms with E-state index in [1.165, 1.54) is 0 Å². The van der Waals surface area contributed by atoms with Crippen molar-refractivity contribution in [3.8, 4) is 0 Å².